The maximum absolute atomic E-state index is 2.46. The Labute approximate surface area is 339 Å². The van der Waals surface area contributed by atoms with Crippen molar-refractivity contribution in [3.8, 4) is 33.4 Å². The van der Waals surface area contributed by atoms with E-state index in [4.69, 9.17) is 0 Å². The molecule has 0 saturated heterocycles. The third-order valence-corrected chi connectivity index (χ3v) is 12.2. The Morgan fingerprint density at radius 1 is 0.397 bits per heavy atom. The Morgan fingerprint density at radius 2 is 0.879 bits per heavy atom. The molecule has 0 aromatic heterocycles. The van der Waals surface area contributed by atoms with E-state index >= 15 is 0 Å². The molecule has 10 aromatic rings. The maximum atomic E-state index is 2.46. The van der Waals surface area contributed by atoms with Gasteiger partial charge in [0.1, 0.15) is 0 Å². The lowest BCUT2D eigenvalue weighted by Gasteiger charge is -2.30. The third kappa shape index (κ3) is 5.78. The normalized spacial score (nSPS) is 13.6. The summed E-state index contributed by atoms with van der Waals surface area (Å²) in [5.41, 5.74) is 13.6. The van der Waals surface area contributed by atoms with Crippen molar-refractivity contribution in [2.24, 2.45) is 5.92 Å². The molecule has 10 aromatic carbocycles. The highest BCUT2D eigenvalue weighted by Gasteiger charge is 2.22. The Balaban J connectivity index is 1.03. The Hall–Kier alpha value is -7.22. The molecule has 0 bridgehead atoms. The molecule has 0 radical (unpaired) electrons. The average Bonchev–Trinajstić information content (AvgIpc) is 3.29. The molecular formula is C57H41N. The summed E-state index contributed by atoms with van der Waals surface area (Å²) in [4.78, 5) is 2.46. The Kier molecular flexibility index (Phi) is 8.26. The van der Waals surface area contributed by atoms with Crippen LogP contribution in [0.15, 0.2) is 206 Å². The number of rotatable bonds is 6. The topological polar surface area (TPSA) is 3.24 Å². The highest BCUT2D eigenvalue weighted by molar-refractivity contribution is 6.15. The smallest absolute Gasteiger partial charge is 0.0499 e. The van der Waals surface area contributed by atoms with Crippen molar-refractivity contribution in [3.63, 3.8) is 0 Å². The molecule has 1 atom stereocenters. The first-order chi connectivity index (χ1) is 28.7. The van der Waals surface area contributed by atoms with Crippen molar-refractivity contribution >= 4 is 66.2 Å². The summed E-state index contributed by atoms with van der Waals surface area (Å²) in [5.74, 6) is 0.476. The van der Waals surface area contributed by atoms with E-state index in [2.05, 4.69) is 224 Å². The van der Waals surface area contributed by atoms with Gasteiger partial charge in [0.2, 0.25) is 0 Å². The predicted molar refractivity (Wildman–Crippen MR) is 249 cm³/mol. The maximum Gasteiger partial charge on any atom is 0.0499 e. The van der Waals surface area contributed by atoms with E-state index in [1.54, 1.807) is 0 Å². The second-order valence-corrected chi connectivity index (χ2v) is 15.7. The van der Waals surface area contributed by atoms with Gasteiger partial charge in [-0.3, -0.25) is 0 Å². The van der Waals surface area contributed by atoms with Crippen LogP contribution in [-0.2, 0) is 6.42 Å². The molecule has 1 aliphatic rings. The molecule has 0 aliphatic heterocycles. The van der Waals surface area contributed by atoms with Crippen LogP contribution in [0.4, 0.5) is 17.1 Å². The summed E-state index contributed by atoms with van der Waals surface area (Å²) in [6.07, 6.45) is 5.64. The van der Waals surface area contributed by atoms with Gasteiger partial charge in [-0.05, 0) is 142 Å². The number of nitrogens with zero attached hydrogens (tertiary/aromatic N) is 1. The molecule has 1 heteroatoms. The van der Waals surface area contributed by atoms with E-state index in [0.29, 0.717) is 5.92 Å². The minimum atomic E-state index is 0.476. The minimum Gasteiger partial charge on any atom is -0.310 e. The summed E-state index contributed by atoms with van der Waals surface area (Å²) in [5, 5.41) is 10.2. The van der Waals surface area contributed by atoms with Crippen molar-refractivity contribution < 1.29 is 0 Å². The molecule has 0 fully saturated rings. The summed E-state index contributed by atoms with van der Waals surface area (Å²) < 4.78 is 0. The van der Waals surface area contributed by atoms with Gasteiger partial charge in [0.25, 0.3) is 0 Å². The van der Waals surface area contributed by atoms with Gasteiger partial charge in [-0.1, -0.05) is 177 Å². The summed E-state index contributed by atoms with van der Waals surface area (Å²) in [7, 11) is 0. The van der Waals surface area contributed by atoms with Crippen molar-refractivity contribution in [3.05, 3.63) is 217 Å². The van der Waals surface area contributed by atoms with Gasteiger partial charge in [0.15, 0.2) is 0 Å². The van der Waals surface area contributed by atoms with Crippen molar-refractivity contribution in [2.45, 2.75) is 13.3 Å². The van der Waals surface area contributed by atoms with Crippen LogP contribution >= 0.6 is 0 Å². The van der Waals surface area contributed by atoms with Crippen LogP contribution in [0, 0.1) is 5.92 Å². The van der Waals surface area contributed by atoms with Crippen LogP contribution < -0.4 is 4.90 Å². The van der Waals surface area contributed by atoms with Gasteiger partial charge in [0, 0.05) is 17.1 Å². The van der Waals surface area contributed by atoms with Crippen molar-refractivity contribution in [2.75, 3.05) is 4.90 Å². The zero-order chi connectivity index (χ0) is 38.6. The SMILES string of the molecule is CC1C=Cc2cccc(N(c3ccc(-c4ccccc4-c4cc5ccccc5c5ccccc45)cc3)c3ccc(-c4cc5ccccc5c5ccccc45)cc3)c2C1. The van der Waals surface area contributed by atoms with E-state index in [1.165, 1.54) is 93.3 Å². The van der Waals surface area contributed by atoms with Crippen LogP contribution in [0.1, 0.15) is 18.1 Å². The lowest BCUT2D eigenvalue weighted by Crippen LogP contribution is -2.15. The number of hydrogen-bond donors (Lipinski definition) is 0. The van der Waals surface area contributed by atoms with Crippen molar-refractivity contribution in [1.82, 2.24) is 0 Å². The molecule has 1 nitrogen and oxygen atoms in total. The van der Waals surface area contributed by atoms with E-state index in [-0.39, 0.29) is 0 Å². The first-order valence-corrected chi connectivity index (χ1v) is 20.4. The van der Waals surface area contributed by atoms with E-state index in [9.17, 15) is 0 Å². The lowest BCUT2D eigenvalue weighted by atomic mass is 9.88. The molecule has 1 unspecified atom stereocenters. The fraction of sp³-hybridized carbons (Fsp3) is 0.0526. The molecule has 0 saturated carbocycles. The molecule has 0 heterocycles. The fourth-order valence-electron chi connectivity index (χ4n) is 9.39. The molecule has 58 heavy (non-hydrogen) atoms. The summed E-state index contributed by atoms with van der Waals surface area (Å²) >= 11 is 0. The standard InChI is InChI=1S/C57H41N/c1-38-25-26-39-15-12-24-57(55(39)35-38)58(45-33-29-41(30-34-45)54-36-42-13-2-4-17-47(42)49-19-8-10-22-52(49)54)44-31-27-40(28-32-44)46-16-6-7-21-51(46)56-37-43-14-3-5-18-48(43)50-20-9-11-23-53(50)56/h2-34,36-38H,35H2,1H3. The Morgan fingerprint density at radius 3 is 1.50 bits per heavy atom. The van der Waals surface area contributed by atoms with Gasteiger partial charge in [-0.25, -0.2) is 0 Å². The van der Waals surface area contributed by atoms with Crippen LogP contribution in [0.3, 0.4) is 0 Å². The molecule has 0 N–H and O–H groups in total. The number of hydrogen-bond acceptors (Lipinski definition) is 1. The molecule has 11 rings (SSSR count). The zero-order valence-electron chi connectivity index (χ0n) is 32.4. The highest BCUT2D eigenvalue weighted by atomic mass is 15.1. The predicted octanol–water partition coefficient (Wildman–Crippen LogP) is 16.0. The van der Waals surface area contributed by atoms with Gasteiger partial charge in [-0.15, -0.1) is 0 Å². The molecular weight excluding hydrogens is 699 g/mol. The third-order valence-electron chi connectivity index (χ3n) is 12.2. The number of allylic oxidation sites excluding steroid dienone is 1. The first-order valence-electron chi connectivity index (χ1n) is 20.4. The average molecular weight is 740 g/mol. The lowest BCUT2D eigenvalue weighted by molar-refractivity contribution is 0.717. The van der Waals surface area contributed by atoms with Crippen LogP contribution in [0.2, 0.25) is 0 Å². The van der Waals surface area contributed by atoms with Crippen LogP contribution in [0.5, 0.6) is 0 Å². The van der Waals surface area contributed by atoms with Crippen LogP contribution in [0.25, 0.3) is 82.5 Å². The minimum absolute atomic E-state index is 0.476. The fourth-order valence-corrected chi connectivity index (χ4v) is 9.39. The van der Waals surface area contributed by atoms with Crippen molar-refractivity contribution in [1.29, 1.82) is 0 Å². The molecule has 0 spiro atoms. The quantitative estimate of drug-likeness (QED) is 0.154. The Bertz CT molecular complexity index is 3210. The molecule has 0 amide bonds. The van der Waals surface area contributed by atoms with E-state index in [1.807, 2.05) is 0 Å². The number of fused-ring (bicyclic) bond motifs is 7. The van der Waals surface area contributed by atoms with Gasteiger partial charge < -0.3 is 4.90 Å². The first kappa shape index (κ1) is 34.1. The second-order valence-electron chi connectivity index (χ2n) is 15.7. The second kappa shape index (κ2) is 14.1. The van der Waals surface area contributed by atoms with Crippen LogP contribution in [-0.4, -0.2) is 0 Å². The van der Waals surface area contributed by atoms with Gasteiger partial charge >= 0.3 is 0 Å². The van der Waals surface area contributed by atoms with Gasteiger partial charge in [0.05, 0.1) is 0 Å². The van der Waals surface area contributed by atoms with E-state index < -0.39 is 0 Å². The monoisotopic (exact) mass is 739 g/mol. The summed E-state index contributed by atoms with van der Waals surface area (Å²) in [6, 6.07) is 73.8. The molecule has 274 valence electrons. The summed E-state index contributed by atoms with van der Waals surface area (Å²) in [6.45, 7) is 2.31. The largest absolute Gasteiger partial charge is 0.310 e. The zero-order valence-corrected chi connectivity index (χ0v) is 32.4. The number of anilines is 3. The highest BCUT2D eigenvalue weighted by Crippen LogP contribution is 2.44. The van der Waals surface area contributed by atoms with E-state index in [0.717, 1.165) is 17.8 Å². The van der Waals surface area contributed by atoms with Gasteiger partial charge in [-0.2, -0.15) is 0 Å². The molecule has 1 aliphatic carbocycles. The number of benzene rings is 10.